The summed E-state index contributed by atoms with van der Waals surface area (Å²) in [6.45, 7) is 2.97. The summed E-state index contributed by atoms with van der Waals surface area (Å²) in [4.78, 5) is 21.8. The molecule has 0 fully saturated rings. The molecule has 0 aliphatic rings. The van der Waals surface area contributed by atoms with Crippen molar-refractivity contribution in [3.05, 3.63) is 95.6 Å². The molecular weight excluding hydrogens is 570 g/mol. The SMILES string of the molecule is Cc1ccc(S(=O)(=O)n2c(C(=O)c3cnn(-c4ccc5[nH]c(C)nc5c4)c3N)cc3c(NC(CO)CO)cccc32)cc1. The molecule has 3 aromatic carbocycles. The Morgan fingerprint density at radius 3 is 2.51 bits per heavy atom. The number of carbonyl (C=O) groups is 1. The summed E-state index contributed by atoms with van der Waals surface area (Å²) in [7, 11) is -4.27. The van der Waals surface area contributed by atoms with E-state index in [1.54, 1.807) is 42.5 Å². The highest BCUT2D eigenvalue weighted by Crippen LogP contribution is 2.33. The van der Waals surface area contributed by atoms with E-state index in [9.17, 15) is 23.4 Å². The van der Waals surface area contributed by atoms with Crippen LogP contribution in [0.5, 0.6) is 0 Å². The molecule has 0 atom stereocenters. The van der Waals surface area contributed by atoms with Gasteiger partial charge in [0.15, 0.2) is 0 Å². The summed E-state index contributed by atoms with van der Waals surface area (Å²) in [5, 5.41) is 27.0. The Morgan fingerprint density at radius 1 is 1.05 bits per heavy atom. The zero-order valence-electron chi connectivity index (χ0n) is 23.3. The zero-order valence-corrected chi connectivity index (χ0v) is 24.1. The number of nitrogens with two attached hydrogens (primary N) is 1. The number of ketones is 1. The van der Waals surface area contributed by atoms with Gasteiger partial charge in [-0.2, -0.15) is 5.10 Å². The van der Waals surface area contributed by atoms with Crippen LogP contribution in [0.4, 0.5) is 11.5 Å². The predicted octanol–water partition coefficient (Wildman–Crippen LogP) is 3.14. The molecule has 220 valence electrons. The number of nitrogen functional groups attached to an aromatic ring is 1. The monoisotopic (exact) mass is 599 g/mol. The number of nitrogens with zero attached hydrogens (tertiary/aromatic N) is 4. The van der Waals surface area contributed by atoms with Crippen molar-refractivity contribution in [3.8, 4) is 5.69 Å². The van der Waals surface area contributed by atoms with E-state index in [2.05, 4.69) is 20.4 Å². The Kier molecular flexibility index (Phi) is 7.00. The highest BCUT2D eigenvalue weighted by atomic mass is 32.2. The van der Waals surface area contributed by atoms with Crippen molar-refractivity contribution in [1.82, 2.24) is 23.7 Å². The van der Waals surface area contributed by atoms with Crippen LogP contribution in [-0.2, 0) is 10.0 Å². The maximum Gasteiger partial charge on any atom is 0.268 e. The van der Waals surface area contributed by atoms with Crippen LogP contribution >= 0.6 is 0 Å². The van der Waals surface area contributed by atoms with E-state index in [0.717, 1.165) is 20.9 Å². The molecule has 6 N–H and O–H groups in total. The van der Waals surface area contributed by atoms with Gasteiger partial charge in [0.2, 0.25) is 5.78 Å². The first-order chi connectivity index (χ1) is 20.6. The molecule has 0 saturated carbocycles. The standard InChI is InChI=1S/C30H29N7O5S/c1-17-6-9-21(10-7-17)43(41,42)37-27-5-3-4-24(35-19(15-38)16-39)22(27)13-28(37)29(40)23-14-32-36(30(23)31)20-8-11-25-26(12-20)34-18(2)33-25/h3-14,19,35,38-39H,15-16,31H2,1-2H3,(H,33,34). The number of hydrogen-bond acceptors (Lipinski definition) is 9. The third-order valence-corrected chi connectivity index (χ3v) is 9.02. The van der Waals surface area contributed by atoms with E-state index in [1.165, 1.54) is 29.1 Å². The highest BCUT2D eigenvalue weighted by molar-refractivity contribution is 7.90. The number of aliphatic hydroxyl groups excluding tert-OH is 2. The van der Waals surface area contributed by atoms with Crippen molar-refractivity contribution in [2.45, 2.75) is 24.8 Å². The fourth-order valence-electron chi connectivity index (χ4n) is 5.06. The molecule has 0 aliphatic heterocycles. The van der Waals surface area contributed by atoms with Gasteiger partial charge < -0.3 is 26.2 Å². The molecule has 0 aliphatic carbocycles. The topological polar surface area (TPSA) is 181 Å². The number of imidazole rings is 1. The van der Waals surface area contributed by atoms with Gasteiger partial charge >= 0.3 is 0 Å². The summed E-state index contributed by atoms with van der Waals surface area (Å²) >= 11 is 0. The van der Waals surface area contributed by atoms with Gasteiger partial charge in [0.25, 0.3) is 10.0 Å². The minimum absolute atomic E-state index is 0.00197. The van der Waals surface area contributed by atoms with Gasteiger partial charge in [0, 0.05) is 11.1 Å². The summed E-state index contributed by atoms with van der Waals surface area (Å²) in [6, 6.07) is 17.4. The smallest absolute Gasteiger partial charge is 0.268 e. The van der Waals surface area contributed by atoms with Gasteiger partial charge in [0.05, 0.1) is 58.1 Å². The van der Waals surface area contributed by atoms with Crippen molar-refractivity contribution >= 4 is 49.2 Å². The van der Waals surface area contributed by atoms with Crippen molar-refractivity contribution in [2.75, 3.05) is 24.3 Å². The number of nitrogens with one attached hydrogen (secondary N) is 2. The molecule has 0 spiro atoms. The van der Waals surface area contributed by atoms with Crippen LogP contribution in [0, 0.1) is 13.8 Å². The number of aliphatic hydroxyl groups is 2. The number of hydrogen-bond donors (Lipinski definition) is 5. The van der Waals surface area contributed by atoms with Crippen LogP contribution in [0.1, 0.15) is 27.4 Å². The van der Waals surface area contributed by atoms with Crippen LogP contribution in [0.15, 0.2) is 77.8 Å². The fourth-order valence-corrected chi connectivity index (χ4v) is 6.57. The number of fused-ring (bicyclic) bond motifs is 2. The van der Waals surface area contributed by atoms with Crippen molar-refractivity contribution in [2.24, 2.45) is 0 Å². The number of carbonyl (C=O) groups excluding carboxylic acids is 1. The second-order valence-electron chi connectivity index (χ2n) is 10.3. The Bertz CT molecular complexity index is 2110. The minimum Gasteiger partial charge on any atom is -0.394 e. The van der Waals surface area contributed by atoms with Gasteiger partial charge in [-0.25, -0.2) is 22.1 Å². The third kappa shape index (κ3) is 4.82. The molecule has 12 nitrogen and oxygen atoms in total. The van der Waals surface area contributed by atoms with Crippen LogP contribution < -0.4 is 11.1 Å². The van der Waals surface area contributed by atoms with Crippen LogP contribution in [0.2, 0.25) is 0 Å². The summed E-state index contributed by atoms with van der Waals surface area (Å²) in [6.07, 6.45) is 1.31. The molecule has 0 saturated heterocycles. The first kappa shape index (κ1) is 28.2. The van der Waals surface area contributed by atoms with Crippen molar-refractivity contribution < 1.29 is 23.4 Å². The first-order valence-corrected chi connectivity index (χ1v) is 14.9. The van der Waals surface area contributed by atoms with Gasteiger partial charge in [-0.1, -0.05) is 23.8 Å². The minimum atomic E-state index is -4.27. The number of benzene rings is 3. The molecule has 43 heavy (non-hydrogen) atoms. The number of H-pyrrole nitrogens is 1. The van der Waals surface area contributed by atoms with E-state index >= 15 is 0 Å². The molecular formula is C30H29N7O5S. The van der Waals surface area contributed by atoms with Crippen LogP contribution in [0.3, 0.4) is 0 Å². The van der Waals surface area contributed by atoms with Gasteiger partial charge in [-0.15, -0.1) is 0 Å². The maximum absolute atomic E-state index is 14.2. The van der Waals surface area contributed by atoms with Gasteiger partial charge in [-0.05, 0) is 62.4 Å². The molecule has 13 heteroatoms. The number of rotatable bonds is 9. The second-order valence-corrected chi connectivity index (χ2v) is 12.1. The maximum atomic E-state index is 14.2. The number of anilines is 2. The number of aromatic nitrogens is 5. The molecule has 0 bridgehead atoms. The quantitative estimate of drug-likeness (QED) is 0.156. The summed E-state index contributed by atoms with van der Waals surface area (Å²) in [5.41, 5.74) is 9.98. The average Bonchev–Trinajstić information content (AvgIpc) is 3.69. The van der Waals surface area contributed by atoms with E-state index < -0.39 is 21.8 Å². The second kappa shape index (κ2) is 10.7. The lowest BCUT2D eigenvalue weighted by Gasteiger charge is -2.16. The summed E-state index contributed by atoms with van der Waals surface area (Å²) < 4.78 is 30.6. The molecule has 6 rings (SSSR count). The lowest BCUT2D eigenvalue weighted by atomic mass is 10.1. The fraction of sp³-hybridized carbons (Fsp3) is 0.167. The van der Waals surface area contributed by atoms with E-state index in [-0.39, 0.29) is 40.7 Å². The summed E-state index contributed by atoms with van der Waals surface area (Å²) in [5.74, 6) is 0.122. The van der Waals surface area contributed by atoms with Crippen molar-refractivity contribution in [3.63, 3.8) is 0 Å². The van der Waals surface area contributed by atoms with Gasteiger partial charge in [0.1, 0.15) is 17.3 Å². The van der Waals surface area contributed by atoms with Crippen molar-refractivity contribution in [1.29, 1.82) is 0 Å². The molecule has 3 aromatic heterocycles. The largest absolute Gasteiger partial charge is 0.394 e. The Hall–Kier alpha value is -4.98. The Balaban J connectivity index is 1.52. The normalized spacial score (nSPS) is 12.0. The van der Waals surface area contributed by atoms with E-state index in [1.807, 2.05) is 19.9 Å². The van der Waals surface area contributed by atoms with E-state index in [0.29, 0.717) is 22.3 Å². The van der Waals surface area contributed by atoms with Crippen LogP contribution in [-0.4, -0.2) is 67.4 Å². The van der Waals surface area contributed by atoms with Gasteiger partial charge in [-0.3, -0.25) is 4.79 Å². The Morgan fingerprint density at radius 2 is 1.79 bits per heavy atom. The first-order valence-electron chi connectivity index (χ1n) is 13.4. The molecule has 0 radical (unpaired) electrons. The number of aromatic amines is 1. The molecule has 6 aromatic rings. The molecule has 3 heterocycles. The lowest BCUT2D eigenvalue weighted by Crippen LogP contribution is -2.27. The third-order valence-electron chi connectivity index (χ3n) is 7.27. The molecule has 0 amide bonds. The highest BCUT2D eigenvalue weighted by Gasteiger charge is 2.30. The predicted molar refractivity (Wildman–Crippen MR) is 163 cm³/mol. The average molecular weight is 600 g/mol. The lowest BCUT2D eigenvalue weighted by molar-refractivity contribution is 0.103. The Labute approximate surface area is 246 Å². The van der Waals surface area contributed by atoms with E-state index in [4.69, 9.17) is 5.73 Å². The number of aryl methyl sites for hydroxylation is 2. The molecule has 0 unspecified atom stereocenters. The van der Waals surface area contributed by atoms with Crippen LogP contribution in [0.25, 0.3) is 27.6 Å². The zero-order chi connectivity index (χ0) is 30.5.